The number of carbonyl (C=O) groups excluding carboxylic acids is 1. The van der Waals surface area contributed by atoms with Crippen molar-refractivity contribution in [3.8, 4) is 0 Å². The highest BCUT2D eigenvalue weighted by Crippen LogP contribution is 2.12. The number of ether oxygens (including phenoxy) is 1. The van der Waals surface area contributed by atoms with Crippen LogP contribution in [0.2, 0.25) is 0 Å². The maximum atomic E-state index is 11.5. The Hall–Kier alpha value is -2.11. The number of rotatable bonds is 2. The summed E-state index contributed by atoms with van der Waals surface area (Å²) < 4.78 is 5.40. The molecule has 0 atom stereocenters. The highest BCUT2D eigenvalue weighted by Gasteiger charge is 2.25. The lowest BCUT2D eigenvalue weighted by molar-refractivity contribution is -0.116. The second-order valence-corrected chi connectivity index (χ2v) is 3.56. The number of imidazole rings is 1. The highest BCUT2D eigenvalue weighted by molar-refractivity contribution is 6.24. The predicted octanol–water partition coefficient (Wildman–Crippen LogP) is 0.661. The Morgan fingerprint density at radius 1 is 1.50 bits per heavy atom. The van der Waals surface area contributed by atoms with E-state index in [1.807, 2.05) is 13.8 Å². The van der Waals surface area contributed by atoms with Crippen LogP contribution in [-0.2, 0) is 9.53 Å². The van der Waals surface area contributed by atoms with Crippen molar-refractivity contribution in [2.45, 2.75) is 20.0 Å². The van der Waals surface area contributed by atoms with E-state index in [2.05, 4.69) is 20.5 Å². The van der Waals surface area contributed by atoms with Crippen LogP contribution >= 0.6 is 0 Å². The van der Waals surface area contributed by atoms with Crippen molar-refractivity contribution in [3.05, 3.63) is 23.8 Å². The van der Waals surface area contributed by atoms with Crippen LogP contribution in [-0.4, -0.2) is 27.9 Å². The normalized spacial score (nSPS) is 17.8. The minimum Gasteiger partial charge on any atom is -0.473 e. The molecule has 0 aliphatic carbocycles. The molecule has 0 spiro atoms. The average Bonchev–Trinajstić information content (AvgIpc) is 2.82. The number of nitrogens with zero attached hydrogens (tertiary/aromatic N) is 2. The summed E-state index contributed by atoms with van der Waals surface area (Å²) in [7, 11) is 0. The Kier molecular flexibility index (Phi) is 2.72. The van der Waals surface area contributed by atoms with Crippen molar-refractivity contribution in [2.24, 2.45) is 5.10 Å². The van der Waals surface area contributed by atoms with E-state index >= 15 is 0 Å². The van der Waals surface area contributed by atoms with Crippen LogP contribution in [0.25, 0.3) is 6.08 Å². The largest absolute Gasteiger partial charge is 0.473 e. The van der Waals surface area contributed by atoms with Gasteiger partial charge in [0.25, 0.3) is 5.91 Å². The van der Waals surface area contributed by atoms with Gasteiger partial charge in [-0.1, -0.05) is 0 Å². The summed E-state index contributed by atoms with van der Waals surface area (Å²) in [5, 5.41) is 3.80. The molecule has 0 saturated heterocycles. The highest BCUT2D eigenvalue weighted by atomic mass is 16.5. The third-order valence-electron chi connectivity index (χ3n) is 1.88. The molecule has 16 heavy (non-hydrogen) atoms. The summed E-state index contributed by atoms with van der Waals surface area (Å²) in [5.74, 6) is 0.607. The van der Waals surface area contributed by atoms with Gasteiger partial charge in [-0.15, -0.1) is 5.10 Å². The topological polar surface area (TPSA) is 79.4 Å². The molecule has 0 aromatic carbocycles. The van der Waals surface area contributed by atoms with E-state index in [0.717, 1.165) is 0 Å². The molecule has 2 heterocycles. The van der Waals surface area contributed by atoms with E-state index in [9.17, 15) is 4.79 Å². The lowest BCUT2D eigenvalue weighted by Crippen LogP contribution is -2.16. The van der Waals surface area contributed by atoms with Crippen LogP contribution in [0.5, 0.6) is 0 Å². The standard InChI is InChI=1S/C10H12N4O2/c1-6(2)16-10-7(9(15)13-14-10)5-8-11-3-4-12-8/h3-6H,1-2H3,(H,11,12)(H,13,15). The number of nitrogens with one attached hydrogen (secondary N) is 2. The molecule has 1 aliphatic rings. The molecule has 6 nitrogen and oxygen atoms in total. The number of hydrogen-bond acceptors (Lipinski definition) is 4. The van der Waals surface area contributed by atoms with Crippen molar-refractivity contribution in [1.82, 2.24) is 15.4 Å². The van der Waals surface area contributed by atoms with Crippen LogP contribution in [0.3, 0.4) is 0 Å². The Bertz CT molecular complexity index is 445. The summed E-state index contributed by atoms with van der Waals surface area (Å²) in [6.07, 6.45) is 4.86. The molecule has 1 aliphatic heterocycles. The molecular weight excluding hydrogens is 208 g/mol. The van der Waals surface area contributed by atoms with Crippen LogP contribution in [0, 0.1) is 0 Å². The number of H-pyrrole nitrogens is 1. The fourth-order valence-corrected chi connectivity index (χ4v) is 1.25. The first kappa shape index (κ1) is 10.4. The van der Waals surface area contributed by atoms with Crippen LogP contribution in [0.4, 0.5) is 0 Å². The zero-order valence-electron chi connectivity index (χ0n) is 9.02. The zero-order chi connectivity index (χ0) is 11.5. The van der Waals surface area contributed by atoms with E-state index in [0.29, 0.717) is 17.3 Å². The Labute approximate surface area is 92.4 Å². The van der Waals surface area contributed by atoms with Crippen molar-refractivity contribution >= 4 is 17.9 Å². The molecule has 2 N–H and O–H groups in total. The molecule has 0 saturated carbocycles. The first-order valence-electron chi connectivity index (χ1n) is 4.93. The number of aromatic nitrogens is 2. The molecule has 1 aromatic heterocycles. The van der Waals surface area contributed by atoms with Gasteiger partial charge in [0.2, 0.25) is 5.90 Å². The Balaban J connectivity index is 2.24. The molecule has 2 rings (SSSR count). The van der Waals surface area contributed by atoms with Crippen molar-refractivity contribution in [2.75, 3.05) is 0 Å². The quantitative estimate of drug-likeness (QED) is 0.718. The third kappa shape index (κ3) is 2.10. The summed E-state index contributed by atoms with van der Waals surface area (Å²) in [6.45, 7) is 3.74. The molecule has 0 fully saturated rings. The van der Waals surface area contributed by atoms with Crippen LogP contribution in [0.1, 0.15) is 19.7 Å². The number of amides is 1. The number of hydrogen-bond donors (Lipinski definition) is 2. The second kappa shape index (κ2) is 4.18. The average molecular weight is 220 g/mol. The zero-order valence-corrected chi connectivity index (χ0v) is 9.02. The fraction of sp³-hybridized carbons (Fsp3) is 0.300. The van der Waals surface area contributed by atoms with Crippen molar-refractivity contribution in [3.63, 3.8) is 0 Å². The first-order chi connectivity index (χ1) is 7.66. The third-order valence-corrected chi connectivity index (χ3v) is 1.88. The van der Waals surface area contributed by atoms with E-state index in [1.165, 1.54) is 0 Å². The van der Waals surface area contributed by atoms with Crippen LogP contribution in [0.15, 0.2) is 23.1 Å². The first-order valence-corrected chi connectivity index (χ1v) is 4.93. The number of aromatic amines is 1. The molecule has 1 amide bonds. The van der Waals surface area contributed by atoms with E-state index in [4.69, 9.17) is 4.74 Å². The van der Waals surface area contributed by atoms with Gasteiger partial charge < -0.3 is 9.72 Å². The Morgan fingerprint density at radius 3 is 2.94 bits per heavy atom. The summed E-state index contributed by atoms with van der Waals surface area (Å²) >= 11 is 0. The van der Waals surface area contributed by atoms with Gasteiger partial charge in [0.15, 0.2) is 0 Å². The second-order valence-electron chi connectivity index (χ2n) is 3.56. The monoisotopic (exact) mass is 220 g/mol. The molecule has 0 unspecified atom stereocenters. The van der Waals surface area contributed by atoms with Gasteiger partial charge in [-0.3, -0.25) is 4.79 Å². The smallest absolute Gasteiger partial charge is 0.277 e. The maximum absolute atomic E-state index is 11.5. The minimum absolute atomic E-state index is 0.0357. The maximum Gasteiger partial charge on any atom is 0.277 e. The fourth-order valence-electron chi connectivity index (χ4n) is 1.25. The molecular formula is C10H12N4O2. The van der Waals surface area contributed by atoms with Gasteiger partial charge in [-0.2, -0.15) is 0 Å². The molecule has 0 bridgehead atoms. The van der Waals surface area contributed by atoms with E-state index < -0.39 is 0 Å². The lowest BCUT2D eigenvalue weighted by atomic mass is 10.2. The minimum atomic E-state index is -0.285. The van der Waals surface area contributed by atoms with Gasteiger partial charge in [-0.25, -0.2) is 10.4 Å². The summed E-state index contributed by atoms with van der Waals surface area (Å²) in [6, 6.07) is 0. The number of carbonyl (C=O) groups is 1. The van der Waals surface area contributed by atoms with Gasteiger partial charge in [0, 0.05) is 12.4 Å². The van der Waals surface area contributed by atoms with E-state index in [-0.39, 0.29) is 12.0 Å². The van der Waals surface area contributed by atoms with Gasteiger partial charge >= 0.3 is 0 Å². The van der Waals surface area contributed by atoms with Gasteiger partial charge in [-0.05, 0) is 19.9 Å². The lowest BCUT2D eigenvalue weighted by Gasteiger charge is -2.07. The van der Waals surface area contributed by atoms with Crippen molar-refractivity contribution in [1.29, 1.82) is 0 Å². The predicted molar refractivity (Wildman–Crippen MR) is 58.4 cm³/mol. The van der Waals surface area contributed by atoms with Crippen molar-refractivity contribution < 1.29 is 9.53 Å². The molecule has 84 valence electrons. The van der Waals surface area contributed by atoms with Crippen LogP contribution < -0.4 is 5.43 Å². The Morgan fingerprint density at radius 2 is 2.31 bits per heavy atom. The SMILES string of the molecule is CC(C)OC1=NNC(=O)C1=Cc1ncc[nH]1. The molecule has 0 radical (unpaired) electrons. The molecule has 6 heteroatoms. The molecule has 1 aromatic rings. The summed E-state index contributed by atoms with van der Waals surface area (Å²) in [5.41, 5.74) is 2.73. The van der Waals surface area contributed by atoms with Gasteiger partial charge in [0.05, 0.1) is 6.10 Å². The van der Waals surface area contributed by atoms with Gasteiger partial charge in [0.1, 0.15) is 11.4 Å². The van der Waals surface area contributed by atoms with E-state index in [1.54, 1.807) is 18.5 Å². The summed E-state index contributed by atoms with van der Waals surface area (Å²) in [4.78, 5) is 18.4. The number of hydrazone groups is 1.